The summed E-state index contributed by atoms with van der Waals surface area (Å²) in [4.78, 5) is 4.10. The first kappa shape index (κ1) is 8.80. The van der Waals surface area contributed by atoms with Crippen LogP contribution in [-0.2, 0) is 5.41 Å². The predicted octanol–water partition coefficient (Wildman–Crippen LogP) is 2.30. The van der Waals surface area contributed by atoms with Gasteiger partial charge < -0.3 is 0 Å². The van der Waals surface area contributed by atoms with Gasteiger partial charge in [-0.1, -0.05) is 12.0 Å². The van der Waals surface area contributed by atoms with Gasteiger partial charge in [-0.3, -0.25) is 4.98 Å². The number of rotatable bonds is 1. The van der Waals surface area contributed by atoms with Crippen LogP contribution in [0.25, 0.3) is 0 Å². The summed E-state index contributed by atoms with van der Waals surface area (Å²) >= 11 is 0. The van der Waals surface area contributed by atoms with Crippen LogP contribution < -0.4 is 0 Å². The van der Waals surface area contributed by atoms with Crippen molar-refractivity contribution in [1.82, 2.24) is 4.98 Å². The summed E-state index contributed by atoms with van der Waals surface area (Å²) < 4.78 is 0. The lowest BCUT2D eigenvalue weighted by atomic mass is 9.86. The van der Waals surface area contributed by atoms with Gasteiger partial charge in [0.2, 0.25) is 0 Å². The van der Waals surface area contributed by atoms with E-state index in [9.17, 15) is 0 Å². The molecule has 0 unspecified atom stereocenters. The van der Waals surface area contributed by atoms with Crippen molar-refractivity contribution in [3.63, 3.8) is 0 Å². The van der Waals surface area contributed by atoms with Crippen LogP contribution in [0.5, 0.6) is 0 Å². The number of terminal acetylenes is 1. The number of aryl methyl sites for hydroxylation is 1. The minimum absolute atomic E-state index is 0.209. The molecule has 1 heteroatoms. The normalized spacial score (nSPS) is 10.8. The Bertz CT molecular complexity index is 318. The van der Waals surface area contributed by atoms with E-state index in [4.69, 9.17) is 6.42 Å². The average Bonchev–Trinajstić information content (AvgIpc) is 2.05. The molecule has 0 spiro atoms. The highest BCUT2D eigenvalue weighted by Gasteiger charge is 2.16. The summed E-state index contributed by atoms with van der Waals surface area (Å²) in [7, 11) is 0. The lowest BCUT2D eigenvalue weighted by Crippen LogP contribution is -2.14. The van der Waals surface area contributed by atoms with Gasteiger partial charge in [0, 0.05) is 12.4 Å². The van der Waals surface area contributed by atoms with Crippen LogP contribution in [0, 0.1) is 19.3 Å². The van der Waals surface area contributed by atoms with E-state index in [1.165, 1.54) is 0 Å². The maximum atomic E-state index is 5.41. The number of hydrogen-bond donors (Lipinski definition) is 0. The first-order valence-electron chi connectivity index (χ1n) is 3.96. The molecule has 0 saturated heterocycles. The third-order valence-electron chi connectivity index (χ3n) is 1.96. The zero-order valence-corrected chi connectivity index (χ0v) is 7.76. The molecule has 0 aromatic carbocycles. The summed E-state index contributed by atoms with van der Waals surface area (Å²) in [6.07, 6.45) is 9.07. The Morgan fingerprint density at radius 2 is 2.08 bits per heavy atom. The van der Waals surface area contributed by atoms with Crippen LogP contribution in [-0.4, -0.2) is 4.98 Å². The van der Waals surface area contributed by atoms with Gasteiger partial charge in [0.25, 0.3) is 0 Å². The Kier molecular flexibility index (Phi) is 2.19. The van der Waals surface area contributed by atoms with Gasteiger partial charge in [0.05, 0.1) is 5.41 Å². The highest BCUT2D eigenvalue weighted by atomic mass is 14.6. The van der Waals surface area contributed by atoms with E-state index in [0.29, 0.717) is 0 Å². The first-order valence-corrected chi connectivity index (χ1v) is 3.96. The molecule has 1 heterocycles. The highest BCUT2D eigenvalue weighted by molar-refractivity contribution is 5.31. The van der Waals surface area contributed by atoms with E-state index in [-0.39, 0.29) is 5.41 Å². The molecule has 0 bridgehead atoms. The largest absolute Gasteiger partial charge is 0.264 e. The van der Waals surface area contributed by atoms with Crippen molar-refractivity contribution in [2.24, 2.45) is 0 Å². The second-order valence-electron chi connectivity index (χ2n) is 3.52. The van der Waals surface area contributed by atoms with Crippen molar-refractivity contribution < 1.29 is 0 Å². The summed E-state index contributed by atoms with van der Waals surface area (Å²) in [5.74, 6) is 2.74. The molecular formula is C11H13N. The third-order valence-corrected chi connectivity index (χ3v) is 1.96. The van der Waals surface area contributed by atoms with Crippen molar-refractivity contribution in [3.05, 3.63) is 29.6 Å². The number of nitrogens with zero attached hydrogens (tertiary/aromatic N) is 1. The number of pyridine rings is 1. The van der Waals surface area contributed by atoms with Crippen molar-refractivity contribution >= 4 is 0 Å². The standard InChI is InChI=1S/C11H13N/c1-5-11(3,4)10-6-9(2)7-12-8-10/h1,6-8H,2-4H3. The van der Waals surface area contributed by atoms with Crippen molar-refractivity contribution in [3.8, 4) is 12.3 Å². The van der Waals surface area contributed by atoms with Crippen molar-refractivity contribution in [2.75, 3.05) is 0 Å². The molecule has 62 valence electrons. The van der Waals surface area contributed by atoms with Gasteiger partial charge in [-0.15, -0.1) is 6.42 Å². The summed E-state index contributed by atoms with van der Waals surface area (Å²) in [6, 6.07) is 2.08. The monoisotopic (exact) mass is 159 g/mol. The van der Waals surface area contributed by atoms with Gasteiger partial charge in [0.1, 0.15) is 0 Å². The second-order valence-corrected chi connectivity index (χ2v) is 3.52. The van der Waals surface area contributed by atoms with Gasteiger partial charge in [0.15, 0.2) is 0 Å². The highest BCUT2D eigenvalue weighted by Crippen LogP contribution is 2.21. The van der Waals surface area contributed by atoms with E-state index in [0.717, 1.165) is 11.1 Å². The molecule has 0 N–H and O–H groups in total. The quantitative estimate of drug-likeness (QED) is 0.573. The summed E-state index contributed by atoms with van der Waals surface area (Å²) in [5, 5.41) is 0. The van der Waals surface area contributed by atoms with Crippen LogP contribution in [0.3, 0.4) is 0 Å². The van der Waals surface area contributed by atoms with E-state index in [2.05, 4.69) is 17.0 Å². The van der Waals surface area contributed by atoms with Crippen molar-refractivity contribution in [2.45, 2.75) is 26.2 Å². The Morgan fingerprint density at radius 1 is 1.42 bits per heavy atom. The molecule has 0 aliphatic carbocycles. The van der Waals surface area contributed by atoms with Gasteiger partial charge in [-0.05, 0) is 31.9 Å². The molecule has 1 rings (SSSR count). The minimum atomic E-state index is -0.209. The Balaban J connectivity index is 3.14. The van der Waals surface area contributed by atoms with Gasteiger partial charge in [-0.2, -0.15) is 0 Å². The SMILES string of the molecule is C#CC(C)(C)c1cncc(C)c1. The molecular weight excluding hydrogens is 146 g/mol. The number of hydrogen-bond acceptors (Lipinski definition) is 1. The van der Waals surface area contributed by atoms with Crippen LogP contribution in [0.2, 0.25) is 0 Å². The zero-order chi connectivity index (χ0) is 9.19. The van der Waals surface area contributed by atoms with E-state index in [1.54, 1.807) is 0 Å². The molecule has 0 aliphatic heterocycles. The molecule has 0 atom stereocenters. The van der Waals surface area contributed by atoms with Gasteiger partial charge in [-0.25, -0.2) is 0 Å². The molecule has 0 aliphatic rings. The Hall–Kier alpha value is -1.29. The summed E-state index contributed by atoms with van der Waals surface area (Å²) in [5.41, 5.74) is 2.04. The third kappa shape index (κ3) is 1.65. The first-order chi connectivity index (χ1) is 5.56. The average molecular weight is 159 g/mol. The Labute approximate surface area is 73.8 Å². The number of aromatic nitrogens is 1. The lowest BCUT2D eigenvalue weighted by molar-refractivity contribution is 0.694. The van der Waals surface area contributed by atoms with Crippen molar-refractivity contribution in [1.29, 1.82) is 0 Å². The van der Waals surface area contributed by atoms with Gasteiger partial charge >= 0.3 is 0 Å². The minimum Gasteiger partial charge on any atom is -0.264 e. The smallest absolute Gasteiger partial charge is 0.0519 e. The fourth-order valence-corrected chi connectivity index (χ4v) is 0.980. The zero-order valence-electron chi connectivity index (χ0n) is 7.76. The fraction of sp³-hybridized carbons (Fsp3) is 0.364. The fourth-order valence-electron chi connectivity index (χ4n) is 0.980. The lowest BCUT2D eigenvalue weighted by Gasteiger charge is -2.17. The van der Waals surface area contributed by atoms with Crippen LogP contribution in [0.1, 0.15) is 25.0 Å². The van der Waals surface area contributed by atoms with Crippen LogP contribution >= 0.6 is 0 Å². The topological polar surface area (TPSA) is 12.9 Å². The molecule has 0 saturated carbocycles. The second kappa shape index (κ2) is 2.98. The molecule has 0 fully saturated rings. The molecule has 1 aromatic heterocycles. The maximum absolute atomic E-state index is 5.41. The molecule has 1 aromatic rings. The predicted molar refractivity (Wildman–Crippen MR) is 50.8 cm³/mol. The molecule has 1 nitrogen and oxygen atoms in total. The van der Waals surface area contributed by atoms with E-state index in [1.807, 2.05) is 33.2 Å². The molecule has 12 heavy (non-hydrogen) atoms. The maximum Gasteiger partial charge on any atom is 0.0519 e. The molecule has 0 radical (unpaired) electrons. The van der Waals surface area contributed by atoms with E-state index < -0.39 is 0 Å². The van der Waals surface area contributed by atoms with Crippen LogP contribution in [0.4, 0.5) is 0 Å². The Morgan fingerprint density at radius 3 is 2.58 bits per heavy atom. The molecule has 0 amide bonds. The van der Waals surface area contributed by atoms with Crippen LogP contribution in [0.15, 0.2) is 18.5 Å². The summed E-state index contributed by atoms with van der Waals surface area (Å²) in [6.45, 7) is 6.05. The van der Waals surface area contributed by atoms with E-state index >= 15 is 0 Å².